The number of aromatic nitrogens is 2. The van der Waals surface area contributed by atoms with E-state index in [1.807, 2.05) is 13.8 Å². The van der Waals surface area contributed by atoms with Gasteiger partial charge in [-0.3, -0.25) is 9.52 Å². The second-order valence-electron chi connectivity index (χ2n) is 9.53. The first kappa shape index (κ1) is 28.8. The van der Waals surface area contributed by atoms with Crippen LogP contribution in [-0.4, -0.2) is 37.2 Å². The number of fused-ring (bicyclic) bond motifs is 1. The highest BCUT2D eigenvalue weighted by Gasteiger charge is 2.32. The molecule has 8 nitrogen and oxygen atoms in total. The zero-order valence-electron chi connectivity index (χ0n) is 21.6. The summed E-state index contributed by atoms with van der Waals surface area (Å²) in [5.74, 6) is -0.514. The molecular weight excluding hydrogens is 553 g/mol. The largest absolute Gasteiger partial charge is 0.493 e. The molecule has 0 spiro atoms. The molecule has 1 atom stereocenters. The molecule has 4 rings (SSSR count). The summed E-state index contributed by atoms with van der Waals surface area (Å²) in [5, 5.41) is 11.8. The third kappa shape index (κ3) is 6.88. The lowest BCUT2D eigenvalue weighted by molar-refractivity contribution is -0.137. The van der Waals surface area contributed by atoms with Crippen LogP contribution in [0.4, 0.5) is 18.3 Å². The van der Waals surface area contributed by atoms with Crippen LogP contribution in [0.3, 0.4) is 0 Å². The summed E-state index contributed by atoms with van der Waals surface area (Å²) in [6.07, 6.45) is -2.30. The minimum Gasteiger partial charge on any atom is -0.493 e. The monoisotopic (exact) mass is 582 g/mol. The number of anilines is 1. The fourth-order valence-corrected chi connectivity index (χ4v) is 6.33. The molecule has 13 heteroatoms. The van der Waals surface area contributed by atoms with Crippen molar-refractivity contribution in [3.05, 3.63) is 63.7 Å². The van der Waals surface area contributed by atoms with Crippen LogP contribution < -0.4 is 14.8 Å². The van der Waals surface area contributed by atoms with Crippen LogP contribution in [0.15, 0.2) is 41.3 Å². The molecule has 0 radical (unpaired) electrons. The molecule has 1 heterocycles. The first-order chi connectivity index (χ1) is 18.4. The number of nitrogens with zero attached hydrogens (tertiary/aromatic N) is 2. The highest BCUT2D eigenvalue weighted by molar-refractivity contribution is 7.93. The van der Waals surface area contributed by atoms with Crippen molar-refractivity contribution < 1.29 is 31.1 Å². The first-order valence-electron chi connectivity index (χ1n) is 12.5. The van der Waals surface area contributed by atoms with E-state index < -0.39 is 27.7 Å². The Morgan fingerprint density at radius 2 is 1.82 bits per heavy atom. The highest BCUT2D eigenvalue weighted by Crippen LogP contribution is 2.33. The Morgan fingerprint density at radius 3 is 2.46 bits per heavy atom. The number of carbonyl (C=O) groups excluding carboxylic acids is 1. The molecule has 1 aromatic heterocycles. The van der Waals surface area contributed by atoms with Gasteiger partial charge in [0.15, 0.2) is 0 Å². The van der Waals surface area contributed by atoms with E-state index in [9.17, 15) is 26.4 Å². The summed E-state index contributed by atoms with van der Waals surface area (Å²) < 4.78 is 73.2. The fraction of sp³-hybridized carbons (Fsp3) is 0.423. The Balaban J connectivity index is 1.45. The van der Waals surface area contributed by atoms with Gasteiger partial charge in [-0.1, -0.05) is 31.3 Å². The van der Waals surface area contributed by atoms with Crippen molar-refractivity contribution in [1.82, 2.24) is 15.5 Å². The summed E-state index contributed by atoms with van der Waals surface area (Å²) in [5.41, 5.74) is 0.982. The van der Waals surface area contributed by atoms with Crippen molar-refractivity contribution in [3.63, 3.8) is 0 Å². The highest BCUT2D eigenvalue weighted by atomic mass is 32.2. The number of amides is 1. The molecule has 2 N–H and O–H groups in total. The number of halogens is 3. The average Bonchev–Trinajstić information content (AvgIpc) is 3.24. The average molecular weight is 583 g/mol. The van der Waals surface area contributed by atoms with Gasteiger partial charge in [0, 0.05) is 12.0 Å². The van der Waals surface area contributed by atoms with E-state index in [1.54, 1.807) is 25.1 Å². The predicted octanol–water partition coefficient (Wildman–Crippen LogP) is 5.56. The van der Waals surface area contributed by atoms with Crippen molar-refractivity contribution in [2.75, 3.05) is 11.3 Å². The quantitative estimate of drug-likeness (QED) is 0.337. The fourth-order valence-electron chi connectivity index (χ4n) is 4.30. The molecule has 2 aromatic carbocycles. The maximum absolute atomic E-state index is 13.1. The predicted molar refractivity (Wildman–Crippen MR) is 142 cm³/mol. The topological polar surface area (TPSA) is 110 Å². The van der Waals surface area contributed by atoms with Crippen molar-refractivity contribution in [3.8, 4) is 5.75 Å². The molecule has 1 amide bonds. The van der Waals surface area contributed by atoms with Gasteiger partial charge >= 0.3 is 6.18 Å². The van der Waals surface area contributed by atoms with Crippen molar-refractivity contribution in [2.45, 2.75) is 69.5 Å². The first-order valence-corrected chi connectivity index (χ1v) is 14.8. The smallest absolute Gasteiger partial charge is 0.416 e. The summed E-state index contributed by atoms with van der Waals surface area (Å²) >= 11 is 1.19. The lowest BCUT2D eigenvalue weighted by Gasteiger charge is -2.18. The van der Waals surface area contributed by atoms with Gasteiger partial charge in [-0.25, -0.2) is 8.42 Å². The van der Waals surface area contributed by atoms with Gasteiger partial charge in [-0.05, 0) is 74.1 Å². The lowest BCUT2D eigenvalue weighted by Crippen LogP contribution is -2.35. The number of alkyl halides is 3. The zero-order chi connectivity index (χ0) is 28.4. The summed E-state index contributed by atoms with van der Waals surface area (Å²) in [6, 6.07) is 7.52. The van der Waals surface area contributed by atoms with E-state index >= 15 is 0 Å². The Kier molecular flexibility index (Phi) is 8.50. The Hall–Kier alpha value is -3.19. The van der Waals surface area contributed by atoms with Crippen LogP contribution in [-0.2, 0) is 29.0 Å². The number of ether oxygens (including phenoxy) is 1. The van der Waals surface area contributed by atoms with Crippen LogP contribution in [0, 0.1) is 0 Å². The number of hydrogen-bond acceptors (Lipinski definition) is 7. The SMILES string of the molecule is CCOc1cc(C(F)(F)F)ccc1C(=O)NC1CCc2ccc(S(=O)(=O)Nc3nnc(C(C)C)s3)cc2CC1. The minimum absolute atomic E-state index is 0.0309. The minimum atomic E-state index is -4.55. The number of rotatable bonds is 8. The summed E-state index contributed by atoms with van der Waals surface area (Å²) in [4.78, 5) is 13.1. The molecule has 0 aliphatic heterocycles. The van der Waals surface area contributed by atoms with Crippen molar-refractivity contribution in [2.24, 2.45) is 0 Å². The number of hydrogen-bond donors (Lipinski definition) is 2. The maximum atomic E-state index is 13.1. The Bertz CT molecular complexity index is 1460. The molecule has 3 aromatic rings. The molecule has 0 bridgehead atoms. The molecule has 1 unspecified atom stereocenters. The van der Waals surface area contributed by atoms with Crippen LogP contribution >= 0.6 is 11.3 Å². The second-order valence-corrected chi connectivity index (χ2v) is 12.2. The van der Waals surface area contributed by atoms with Gasteiger partial charge < -0.3 is 10.1 Å². The van der Waals surface area contributed by atoms with E-state index in [0.29, 0.717) is 25.7 Å². The normalized spacial score (nSPS) is 15.9. The van der Waals surface area contributed by atoms with Gasteiger partial charge in [0.1, 0.15) is 10.8 Å². The molecule has 39 heavy (non-hydrogen) atoms. The van der Waals surface area contributed by atoms with Gasteiger partial charge in [0.25, 0.3) is 15.9 Å². The van der Waals surface area contributed by atoms with Crippen LogP contribution in [0.2, 0.25) is 0 Å². The molecule has 1 aliphatic rings. The van der Waals surface area contributed by atoms with Gasteiger partial charge in [0.2, 0.25) is 5.13 Å². The van der Waals surface area contributed by atoms with E-state index in [0.717, 1.165) is 34.3 Å². The molecule has 0 fully saturated rings. The van der Waals surface area contributed by atoms with E-state index in [4.69, 9.17) is 4.74 Å². The summed E-state index contributed by atoms with van der Waals surface area (Å²) in [7, 11) is -3.87. The van der Waals surface area contributed by atoms with Gasteiger partial charge in [0.05, 0.1) is 22.6 Å². The standard InChI is InChI=1S/C26H29F3N4O4S2/c1-4-37-22-14-18(26(27,28)29)8-12-21(22)23(34)30-19-9-5-16-7-11-20(13-17(16)6-10-19)39(35,36)33-25-32-31-24(38-25)15(2)3/h7-8,11-15,19H,4-6,9-10H2,1-3H3,(H,30,34)(H,32,33). The zero-order valence-corrected chi connectivity index (χ0v) is 23.3. The number of benzene rings is 2. The van der Waals surface area contributed by atoms with E-state index in [1.165, 1.54) is 11.3 Å². The van der Waals surface area contributed by atoms with E-state index in [2.05, 4.69) is 20.2 Å². The molecule has 1 aliphatic carbocycles. The Morgan fingerprint density at radius 1 is 1.10 bits per heavy atom. The van der Waals surface area contributed by atoms with Gasteiger partial charge in [-0.2, -0.15) is 13.2 Å². The van der Waals surface area contributed by atoms with Crippen LogP contribution in [0.5, 0.6) is 5.75 Å². The maximum Gasteiger partial charge on any atom is 0.416 e. The Labute approximate surface area is 229 Å². The lowest BCUT2D eigenvalue weighted by atomic mass is 10.0. The molecular formula is C26H29F3N4O4S2. The number of nitrogens with one attached hydrogen (secondary N) is 2. The molecule has 0 saturated carbocycles. The number of aryl methyl sites for hydroxylation is 2. The third-order valence-corrected chi connectivity index (χ3v) is 8.96. The molecule has 0 saturated heterocycles. The van der Waals surface area contributed by atoms with E-state index in [-0.39, 0.29) is 39.9 Å². The van der Waals surface area contributed by atoms with Crippen molar-refractivity contribution >= 4 is 32.4 Å². The van der Waals surface area contributed by atoms with Gasteiger partial charge in [-0.15, -0.1) is 10.2 Å². The summed E-state index contributed by atoms with van der Waals surface area (Å²) in [6.45, 7) is 5.63. The molecule has 210 valence electrons. The number of carbonyl (C=O) groups is 1. The van der Waals surface area contributed by atoms with Crippen LogP contribution in [0.1, 0.15) is 71.6 Å². The van der Waals surface area contributed by atoms with Crippen LogP contribution in [0.25, 0.3) is 0 Å². The van der Waals surface area contributed by atoms with Crippen molar-refractivity contribution in [1.29, 1.82) is 0 Å². The third-order valence-electron chi connectivity index (χ3n) is 6.36. The number of sulfonamides is 1. The second kappa shape index (κ2) is 11.5.